The predicted molar refractivity (Wildman–Crippen MR) is 273 cm³/mol. The molecule has 0 spiro atoms. The average Bonchev–Trinajstić information content (AvgIpc) is 3.73. The summed E-state index contributed by atoms with van der Waals surface area (Å²) in [6.07, 6.45) is 15.0. The van der Waals surface area contributed by atoms with E-state index in [1.807, 2.05) is 73.8 Å². The molecule has 0 aliphatic heterocycles. The molecule has 0 unspecified atom stereocenters. The molecular weight excluding hydrogens is 813 g/mol. The van der Waals surface area contributed by atoms with Crippen molar-refractivity contribution in [2.24, 2.45) is 0 Å². The summed E-state index contributed by atoms with van der Waals surface area (Å²) in [5.74, 6) is 0. The summed E-state index contributed by atoms with van der Waals surface area (Å²) in [7, 11) is 0. The molecule has 12 rings (SSSR count). The van der Waals surface area contributed by atoms with Crippen molar-refractivity contribution in [3.8, 4) is 89.0 Å². The molecule has 0 bridgehead atoms. The Labute approximate surface area is 390 Å². The van der Waals surface area contributed by atoms with Crippen LogP contribution in [0.5, 0.6) is 0 Å². The van der Waals surface area contributed by atoms with Crippen molar-refractivity contribution in [2.75, 3.05) is 0 Å². The number of hydrogen-bond donors (Lipinski definition) is 0. The van der Waals surface area contributed by atoms with Crippen molar-refractivity contribution in [1.29, 1.82) is 0 Å². The van der Waals surface area contributed by atoms with E-state index in [1.54, 1.807) is 0 Å². The molecule has 0 atom stereocenters. The first kappa shape index (κ1) is 39.7. The fourth-order valence-corrected chi connectivity index (χ4v) is 10.2. The van der Waals surface area contributed by atoms with Gasteiger partial charge in [0.05, 0.1) is 5.41 Å². The van der Waals surface area contributed by atoms with E-state index in [1.165, 1.54) is 38.9 Å². The second kappa shape index (κ2) is 16.9. The third-order valence-electron chi connectivity index (χ3n) is 13.3. The number of nitrogens with zero attached hydrogens (tertiary/aromatic N) is 4. The van der Waals surface area contributed by atoms with Gasteiger partial charge < -0.3 is 0 Å². The lowest BCUT2D eigenvalue weighted by molar-refractivity contribution is 0.768. The van der Waals surface area contributed by atoms with E-state index in [0.29, 0.717) is 0 Å². The lowest BCUT2D eigenvalue weighted by atomic mass is 9.67. The Morgan fingerprint density at radius 3 is 1.13 bits per heavy atom. The van der Waals surface area contributed by atoms with Gasteiger partial charge in [-0.3, -0.25) is 19.9 Å². The Hall–Kier alpha value is -8.86. The fraction of sp³-hybridized carbons (Fsp3) is 0.0159. The van der Waals surface area contributed by atoms with Crippen LogP contribution in [-0.2, 0) is 5.41 Å². The van der Waals surface area contributed by atoms with Crippen LogP contribution in [0.25, 0.3) is 89.0 Å². The van der Waals surface area contributed by atoms with Gasteiger partial charge in [0, 0.05) is 71.8 Å². The molecule has 0 fully saturated rings. The average molecular weight is 855 g/mol. The Balaban J connectivity index is 1.06. The van der Waals surface area contributed by atoms with Gasteiger partial charge in [0.15, 0.2) is 0 Å². The van der Waals surface area contributed by atoms with Gasteiger partial charge in [0.1, 0.15) is 0 Å². The van der Waals surface area contributed by atoms with Gasteiger partial charge in [-0.2, -0.15) is 0 Å². The molecule has 0 N–H and O–H groups in total. The number of hydrogen-bond acceptors (Lipinski definition) is 4. The van der Waals surface area contributed by atoms with Gasteiger partial charge >= 0.3 is 0 Å². The minimum Gasteiger partial charge on any atom is -0.265 e. The minimum absolute atomic E-state index is 0.509. The monoisotopic (exact) mass is 854 g/mol. The largest absolute Gasteiger partial charge is 0.265 e. The van der Waals surface area contributed by atoms with E-state index in [-0.39, 0.29) is 0 Å². The van der Waals surface area contributed by atoms with Crippen molar-refractivity contribution in [1.82, 2.24) is 19.9 Å². The minimum atomic E-state index is -0.509. The first-order chi connectivity index (χ1) is 33.2. The molecule has 0 saturated carbocycles. The van der Waals surface area contributed by atoms with Gasteiger partial charge in [-0.1, -0.05) is 140 Å². The van der Waals surface area contributed by atoms with Crippen molar-refractivity contribution in [3.63, 3.8) is 0 Å². The van der Waals surface area contributed by atoms with Crippen molar-refractivity contribution in [2.45, 2.75) is 5.41 Å². The van der Waals surface area contributed by atoms with E-state index in [9.17, 15) is 0 Å². The zero-order valence-electron chi connectivity index (χ0n) is 36.5. The molecule has 4 aromatic heterocycles. The molecule has 7 aromatic carbocycles. The van der Waals surface area contributed by atoms with Crippen LogP contribution in [0.15, 0.2) is 256 Å². The number of aromatic nitrogens is 4. The smallest absolute Gasteiger partial charge is 0.0713 e. The summed E-state index contributed by atoms with van der Waals surface area (Å²) in [5, 5.41) is 0. The van der Waals surface area contributed by atoms with Gasteiger partial charge in [0.25, 0.3) is 0 Å². The fourth-order valence-electron chi connectivity index (χ4n) is 10.2. The molecule has 67 heavy (non-hydrogen) atoms. The highest BCUT2D eigenvalue weighted by Gasteiger charge is 2.46. The maximum absolute atomic E-state index is 4.68. The van der Waals surface area contributed by atoms with Crippen LogP contribution >= 0.6 is 0 Å². The van der Waals surface area contributed by atoms with Gasteiger partial charge in [0.2, 0.25) is 0 Å². The molecule has 1 aliphatic rings. The quantitative estimate of drug-likeness (QED) is 0.145. The highest BCUT2D eigenvalue weighted by atomic mass is 14.6. The number of pyridine rings is 4. The SMILES string of the molecule is c1ccc(C2(c3ccccc3)c3ccccc3-c3c(-c4cc(-c5cccc(-c6cncc(-c7ccncc7)c6)c5)cc(-c5cccc(-c6cncc(-c7ccncc7)c6)c5)c4)cccc32)cc1. The Kier molecular flexibility index (Phi) is 10.0. The molecule has 4 heteroatoms. The van der Waals surface area contributed by atoms with Crippen molar-refractivity contribution < 1.29 is 0 Å². The van der Waals surface area contributed by atoms with Crippen LogP contribution in [0.2, 0.25) is 0 Å². The first-order valence-corrected chi connectivity index (χ1v) is 22.6. The molecule has 0 saturated heterocycles. The van der Waals surface area contributed by atoms with Crippen LogP contribution in [0.4, 0.5) is 0 Å². The second-order valence-electron chi connectivity index (χ2n) is 17.1. The number of benzene rings is 7. The van der Waals surface area contributed by atoms with Crippen LogP contribution in [0, 0.1) is 0 Å². The van der Waals surface area contributed by atoms with Gasteiger partial charge in [-0.25, -0.2) is 0 Å². The van der Waals surface area contributed by atoms with Crippen LogP contribution in [-0.4, -0.2) is 19.9 Å². The van der Waals surface area contributed by atoms with Crippen LogP contribution in [0.1, 0.15) is 22.3 Å². The van der Waals surface area contributed by atoms with E-state index >= 15 is 0 Å². The van der Waals surface area contributed by atoms with E-state index in [2.05, 4.69) is 202 Å². The van der Waals surface area contributed by atoms with Crippen LogP contribution in [0.3, 0.4) is 0 Å². The zero-order valence-corrected chi connectivity index (χ0v) is 36.5. The van der Waals surface area contributed by atoms with E-state index in [0.717, 1.165) is 72.3 Å². The second-order valence-corrected chi connectivity index (χ2v) is 17.1. The standard InChI is InChI=1S/C63H42N4/c1-3-16-56(17-4-1)63(57-18-5-2-6-19-57)60-22-8-7-20-59(60)62-58(21-11-23-61(62)63)51-35-49(45-12-9-14-47(32-45)54-37-52(39-66-41-54)43-24-28-64-29-25-43)34-50(36-51)46-13-10-15-48(33-46)55-38-53(40-67-42-55)44-26-30-65-31-27-44/h1-42H. The van der Waals surface area contributed by atoms with E-state index in [4.69, 9.17) is 0 Å². The Morgan fingerprint density at radius 1 is 0.239 bits per heavy atom. The molecule has 4 heterocycles. The lowest BCUT2D eigenvalue weighted by Crippen LogP contribution is -2.28. The Bertz CT molecular complexity index is 3390. The molecule has 11 aromatic rings. The van der Waals surface area contributed by atoms with Gasteiger partial charge in [-0.05, 0) is 156 Å². The van der Waals surface area contributed by atoms with E-state index < -0.39 is 5.41 Å². The van der Waals surface area contributed by atoms with Crippen molar-refractivity contribution in [3.05, 3.63) is 278 Å². The highest BCUT2D eigenvalue weighted by Crippen LogP contribution is 2.58. The highest BCUT2D eigenvalue weighted by molar-refractivity contribution is 5.97. The van der Waals surface area contributed by atoms with Crippen LogP contribution < -0.4 is 0 Å². The summed E-state index contributed by atoms with van der Waals surface area (Å²) in [5.41, 5.74) is 22.5. The zero-order chi connectivity index (χ0) is 44.6. The summed E-state index contributed by atoms with van der Waals surface area (Å²) < 4.78 is 0. The first-order valence-electron chi connectivity index (χ1n) is 22.6. The third kappa shape index (κ3) is 7.13. The summed E-state index contributed by atoms with van der Waals surface area (Å²) >= 11 is 0. The summed E-state index contributed by atoms with van der Waals surface area (Å²) in [6.45, 7) is 0. The number of fused-ring (bicyclic) bond motifs is 3. The normalized spacial score (nSPS) is 12.3. The van der Waals surface area contributed by atoms with Gasteiger partial charge in [-0.15, -0.1) is 0 Å². The topological polar surface area (TPSA) is 51.6 Å². The maximum Gasteiger partial charge on any atom is 0.0713 e. The molecule has 4 nitrogen and oxygen atoms in total. The molecule has 314 valence electrons. The summed E-state index contributed by atoms with van der Waals surface area (Å²) in [4.78, 5) is 17.8. The molecule has 0 radical (unpaired) electrons. The lowest BCUT2D eigenvalue weighted by Gasteiger charge is -2.34. The molecule has 1 aliphatic carbocycles. The van der Waals surface area contributed by atoms with Crippen molar-refractivity contribution >= 4 is 0 Å². The number of rotatable bonds is 9. The third-order valence-corrected chi connectivity index (χ3v) is 13.3. The maximum atomic E-state index is 4.68. The molecular formula is C63H42N4. The molecule has 0 amide bonds. The Morgan fingerprint density at radius 2 is 0.612 bits per heavy atom. The predicted octanol–water partition coefficient (Wildman–Crippen LogP) is 15.3. The summed E-state index contributed by atoms with van der Waals surface area (Å²) in [6, 6.07) is 75.3.